The Bertz CT molecular complexity index is 786. The number of carboxylic acid groups (broad SMARTS) is 1. The molecule has 1 aromatic carbocycles. The standard InChI is InChI=1S/C12H12BrN3O4S/c1-2-16-7-8(6-14-16)15-21(19,20)9-3-4-11(13)10(5-9)12(17)18/h3-7,15H,2H2,1H3,(H,17,18). The first-order chi connectivity index (χ1) is 9.83. The van der Waals surface area contributed by atoms with Crippen LogP contribution in [0.25, 0.3) is 0 Å². The van der Waals surface area contributed by atoms with E-state index in [2.05, 4.69) is 25.8 Å². The number of hydrogen-bond donors (Lipinski definition) is 2. The van der Waals surface area contributed by atoms with Crippen LogP contribution in [0.5, 0.6) is 0 Å². The van der Waals surface area contributed by atoms with Crippen LogP contribution in [0.1, 0.15) is 17.3 Å². The summed E-state index contributed by atoms with van der Waals surface area (Å²) in [6.45, 7) is 2.49. The minimum Gasteiger partial charge on any atom is -0.478 e. The second-order valence-electron chi connectivity index (χ2n) is 4.14. The fraction of sp³-hybridized carbons (Fsp3) is 0.167. The lowest BCUT2D eigenvalue weighted by atomic mass is 10.2. The molecule has 2 N–H and O–H groups in total. The van der Waals surface area contributed by atoms with Crippen molar-refractivity contribution in [1.82, 2.24) is 9.78 Å². The first kappa shape index (κ1) is 15.5. The van der Waals surface area contributed by atoms with E-state index in [-0.39, 0.29) is 10.5 Å². The summed E-state index contributed by atoms with van der Waals surface area (Å²) in [5.41, 5.74) is 0.193. The summed E-state index contributed by atoms with van der Waals surface area (Å²) in [5.74, 6) is -1.21. The summed E-state index contributed by atoms with van der Waals surface area (Å²) in [5, 5.41) is 13.0. The van der Waals surface area contributed by atoms with Gasteiger partial charge in [0.2, 0.25) is 0 Å². The Hall–Kier alpha value is -1.87. The minimum atomic E-state index is -3.87. The van der Waals surface area contributed by atoms with Crippen LogP contribution in [0.15, 0.2) is 40.0 Å². The van der Waals surface area contributed by atoms with E-state index in [0.29, 0.717) is 16.7 Å². The molecule has 0 saturated heterocycles. The number of sulfonamides is 1. The Morgan fingerprint density at radius 1 is 1.48 bits per heavy atom. The van der Waals surface area contributed by atoms with Crippen molar-refractivity contribution in [3.05, 3.63) is 40.6 Å². The number of anilines is 1. The third kappa shape index (κ3) is 3.42. The zero-order valence-electron chi connectivity index (χ0n) is 10.9. The normalized spacial score (nSPS) is 11.3. The van der Waals surface area contributed by atoms with Crippen LogP contribution in [0, 0.1) is 0 Å². The number of carboxylic acids is 1. The van der Waals surface area contributed by atoms with Gasteiger partial charge in [-0.05, 0) is 41.1 Å². The van der Waals surface area contributed by atoms with Gasteiger partial charge in [-0.1, -0.05) is 0 Å². The molecule has 0 aliphatic heterocycles. The van der Waals surface area contributed by atoms with Crippen LogP contribution in [0.4, 0.5) is 5.69 Å². The molecular formula is C12H12BrN3O4S. The highest BCUT2D eigenvalue weighted by Gasteiger charge is 2.19. The molecule has 2 aromatic rings. The zero-order chi connectivity index (χ0) is 15.6. The molecule has 0 atom stereocenters. The van der Waals surface area contributed by atoms with E-state index in [1.165, 1.54) is 18.3 Å². The summed E-state index contributed by atoms with van der Waals surface area (Å²) < 4.78 is 28.7. The zero-order valence-corrected chi connectivity index (χ0v) is 13.3. The number of nitrogens with zero attached hydrogens (tertiary/aromatic N) is 2. The SMILES string of the molecule is CCn1cc(NS(=O)(=O)c2ccc(Br)c(C(=O)O)c2)cn1. The van der Waals surface area contributed by atoms with Crippen LogP contribution in [-0.4, -0.2) is 29.3 Å². The minimum absolute atomic E-state index is 0.123. The Balaban J connectivity index is 2.35. The van der Waals surface area contributed by atoms with Crippen molar-refractivity contribution >= 4 is 37.6 Å². The van der Waals surface area contributed by atoms with Gasteiger partial charge in [0.1, 0.15) is 0 Å². The molecule has 0 saturated carbocycles. The van der Waals surface area contributed by atoms with E-state index < -0.39 is 16.0 Å². The lowest BCUT2D eigenvalue weighted by Gasteiger charge is -2.07. The molecule has 0 unspecified atom stereocenters. The average Bonchev–Trinajstić information content (AvgIpc) is 2.85. The molecule has 21 heavy (non-hydrogen) atoms. The molecule has 0 radical (unpaired) electrons. The molecule has 2 rings (SSSR count). The monoisotopic (exact) mass is 373 g/mol. The van der Waals surface area contributed by atoms with E-state index in [1.54, 1.807) is 10.9 Å². The molecule has 1 heterocycles. The van der Waals surface area contributed by atoms with Crippen molar-refractivity contribution in [2.45, 2.75) is 18.4 Å². The number of aromatic carboxylic acids is 1. The van der Waals surface area contributed by atoms with Gasteiger partial charge in [-0.25, -0.2) is 13.2 Å². The van der Waals surface area contributed by atoms with E-state index in [4.69, 9.17) is 5.11 Å². The molecule has 0 amide bonds. The number of carbonyl (C=O) groups is 1. The largest absolute Gasteiger partial charge is 0.478 e. The lowest BCUT2D eigenvalue weighted by molar-refractivity contribution is 0.0695. The number of aromatic nitrogens is 2. The van der Waals surface area contributed by atoms with Gasteiger partial charge in [0.05, 0.1) is 22.3 Å². The number of nitrogens with one attached hydrogen (secondary N) is 1. The first-order valence-corrected chi connectivity index (χ1v) is 8.19. The predicted molar refractivity (Wildman–Crippen MR) is 79.8 cm³/mol. The molecule has 7 nitrogen and oxygen atoms in total. The number of hydrogen-bond acceptors (Lipinski definition) is 4. The second-order valence-corrected chi connectivity index (χ2v) is 6.67. The number of rotatable bonds is 5. The maximum Gasteiger partial charge on any atom is 0.336 e. The van der Waals surface area contributed by atoms with E-state index >= 15 is 0 Å². The van der Waals surface area contributed by atoms with Crippen LogP contribution in [0.2, 0.25) is 0 Å². The summed E-state index contributed by atoms with van der Waals surface area (Å²) in [7, 11) is -3.87. The summed E-state index contributed by atoms with van der Waals surface area (Å²) in [6.07, 6.45) is 2.94. The topological polar surface area (TPSA) is 101 Å². The summed E-state index contributed by atoms with van der Waals surface area (Å²) in [6, 6.07) is 3.80. The van der Waals surface area contributed by atoms with Crippen LogP contribution < -0.4 is 4.72 Å². The highest BCUT2D eigenvalue weighted by Crippen LogP contribution is 2.22. The van der Waals surface area contributed by atoms with Gasteiger partial charge in [-0.2, -0.15) is 5.10 Å². The Morgan fingerprint density at radius 2 is 2.19 bits per heavy atom. The van der Waals surface area contributed by atoms with E-state index in [9.17, 15) is 13.2 Å². The van der Waals surface area contributed by atoms with Gasteiger partial charge in [0.25, 0.3) is 10.0 Å². The van der Waals surface area contributed by atoms with Crippen LogP contribution >= 0.6 is 15.9 Å². The quantitative estimate of drug-likeness (QED) is 0.835. The van der Waals surface area contributed by atoms with Gasteiger partial charge < -0.3 is 5.11 Å². The van der Waals surface area contributed by atoms with E-state index in [0.717, 1.165) is 6.07 Å². The molecular weight excluding hydrogens is 362 g/mol. The average molecular weight is 374 g/mol. The molecule has 1 aromatic heterocycles. The molecule has 0 aliphatic carbocycles. The third-order valence-corrected chi connectivity index (χ3v) is 4.76. The van der Waals surface area contributed by atoms with Crippen molar-refractivity contribution in [2.24, 2.45) is 0 Å². The molecule has 9 heteroatoms. The fourth-order valence-electron chi connectivity index (χ4n) is 1.64. The lowest BCUT2D eigenvalue weighted by Crippen LogP contribution is -2.13. The molecule has 0 spiro atoms. The van der Waals surface area contributed by atoms with Crippen LogP contribution in [0.3, 0.4) is 0 Å². The maximum absolute atomic E-state index is 12.2. The van der Waals surface area contributed by atoms with Crippen molar-refractivity contribution in [2.75, 3.05) is 4.72 Å². The predicted octanol–water partition coefficient (Wildman–Crippen LogP) is 2.16. The van der Waals surface area contributed by atoms with Gasteiger partial charge in [0.15, 0.2) is 0 Å². The highest BCUT2D eigenvalue weighted by atomic mass is 79.9. The number of benzene rings is 1. The van der Waals surface area contributed by atoms with Crippen molar-refractivity contribution in [3.8, 4) is 0 Å². The molecule has 0 aliphatic rings. The van der Waals surface area contributed by atoms with Gasteiger partial charge in [-0.15, -0.1) is 0 Å². The fourth-order valence-corrected chi connectivity index (χ4v) is 3.11. The first-order valence-electron chi connectivity index (χ1n) is 5.91. The smallest absolute Gasteiger partial charge is 0.336 e. The van der Waals surface area contributed by atoms with Crippen molar-refractivity contribution in [1.29, 1.82) is 0 Å². The second kappa shape index (κ2) is 5.86. The van der Waals surface area contributed by atoms with Crippen molar-refractivity contribution in [3.63, 3.8) is 0 Å². The van der Waals surface area contributed by atoms with Crippen molar-refractivity contribution < 1.29 is 18.3 Å². The van der Waals surface area contributed by atoms with Crippen LogP contribution in [-0.2, 0) is 16.6 Å². The maximum atomic E-state index is 12.2. The van der Waals surface area contributed by atoms with Gasteiger partial charge >= 0.3 is 5.97 Å². The molecule has 0 fully saturated rings. The third-order valence-electron chi connectivity index (χ3n) is 2.69. The molecule has 0 bridgehead atoms. The van der Waals surface area contributed by atoms with Gasteiger partial charge in [0, 0.05) is 17.2 Å². The Morgan fingerprint density at radius 3 is 2.76 bits per heavy atom. The van der Waals surface area contributed by atoms with E-state index in [1.807, 2.05) is 6.92 Å². The molecule has 112 valence electrons. The Kier molecular flexibility index (Phi) is 4.33. The Labute approximate surface area is 129 Å². The highest BCUT2D eigenvalue weighted by molar-refractivity contribution is 9.10. The number of aryl methyl sites for hydroxylation is 1. The summed E-state index contributed by atoms with van der Waals surface area (Å²) in [4.78, 5) is 10.9. The summed E-state index contributed by atoms with van der Waals surface area (Å²) >= 11 is 3.07. The number of halogens is 1. The van der Waals surface area contributed by atoms with Gasteiger partial charge in [-0.3, -0.25) is 9.40 Å².